The van der Waals surface area contributed by atoms with E-state index >= 15 is 0 Å². The largest absolute Gasteiger partial charge is 0.426 e. The smallest absolute Gasteiger partial charge is 0.313 e. The maximum atomic E-state index is 12.9. The molecule has 1 aromatic carbocycles. The Kier molecular flexibility index (Phi) is 3.58. The first-order valence-corrected chi connectivity index (χ1v) is 9.78. The molecule has 0 N–H and O–H groups in total. The van der Waals surface area contributed by atoms with Gasteiger partial charge in [0.1, 0.15) is 5.75 Å². The number of likely N-dealkylation sites (tertiary alicyclic amines) is 1. The zero-order chi connectivity index (χ0) is 18.9. The predicted molar refractivity (Wildman–Crippen MR) is 97.6 cm³/mol. The maximum Gasteiger partial charge on any atom is 0.313 e. The van der Waals surface area contributed by atoms with Gasteiger partial charge in [-0.2, -0.15) is 0 Å². The molecule has 5 aliphatic rings. The summed E-state index contributed by atoms with van der Waals surface area (Å²) in [7, 11) is 0. The van der Waals surface area contributed by atoms with Crippen LogP contribution in [0.2, 0.25) is 0 Å². The predicted octanol–water partition coefficient (Wildman–Crippen LogP) is 2.65. The molecule has 140 valence electrons. The minimum absolute atomic E-state index is 0.0277. The van der Waals surface area contributed by atoms with Crippen LogP contribution in [0.5, 0.6) is 5.75 Å². The Balaban J connectivity index is 1.26. The van der Waals surface area contributed by atoms with Gasteiger partial charge in [0.05, 0.1) is 18.3 Å². The summed E-state index contributed by atoms with van der Waals surface area (Å²) in [6, 6.07) is 5.57. The van der Waals surface area contributed by atoms with Crippen LogP contribution in [0.3, 0.4) is 0 Å². The number of esters is 1. The van der Waals surface area contributed by atoms with Gasteiger partial charge in [0.25, 0.3) is 0 Å². The molecular weight excluding hydrogens is 342 g/mol. The molecule has 1 aliphatic heterocycles. The van der Waals surface area contributed by atoms with E-state index in [9.17, 15) is 14.4 Å². The topological polar surface area (TPSA) is 63.7 Å². The van der Waals surface area contributed by atoms with Crippen LogP contribution in [0.15, 0.2) is 30.4 Å². The molecule has 0 unspecified atom stereocenters. The number of carbonyl (C=O) groups excluding carboxylic acids is 3. The molecular formula is C22H23NO4. The molecule has 0 radical (unpaired) electrons. The molecule has 1 aromatic rings. The summed E-state index contributed by atoms with van der Waals surface area (Å²) in [5, 5.41) is 0. The first kappa shape index (κ1) is 16.7. The molecule has 27 heavy (non-hydrogen) atoms. The van der Waals surface area contributed by atoms with E-state index in [1.54, 1.807) is 6.07 Å². The molecule has 2 bridgehead atoms. The van der Waals surface area contributed by atoms with Crippen molar-refractivity contribution in [2.45, 2.75) is 26.7 Å². The fraction of sp³-hybridized carbons (Fsp3) is 0.500. The third-order valence-corrected chi connectivity index (χ3v) is 7.07. The lowest BCUT2D eigenvalue weighted by atomic mass is 9.63. The van der Waals surface area contributed by atoms with Crippen LogP contribution in [0.1, 0.15) is 24.0 Å². The molecule has 0 aromatic heterocycles. The quantitative estimate of drug-likeness (QED) is 0.356. The second-order valence-electron chi connectivity index (χ2n) is 8.40. The fourth-order valence-electron chi connectivity index (χ4n) is 5.45. The van der Waals surface area contributed by atoms with E-state index in [-0.39, 0.29) is 48.5 Å². The Morgan fingerprint density at radius 3 is 2.33 bits per heavy atom. The number of allylic oxidation sites excluding steroid dienone is 2. The van der Waals surface area contributed by atoms with Crippen LogP contribution < -0.4 is 4.74 Å². The lowest BCUT2D eigenvalue weighted by Gasteiger charge is -2.37. The lowest BCUT2D eigenvalue weighted by Crippen LogP contribution is -2.40. The Bertz CT molecular complexity index is 852. The standard InChI is InChI=1S/C22H23NO4/c1-11-4-3-5-17(12(11)2)27-18(24)8-9-23-21(25)19-13-6-7-14(16-10-15(13)16)20(19)22(23)26/h3-7,13-16,19-20H,8-10H2,1-2H3/t13-,14-,15-,16-,19+,20+/m0/s1. The van der Waals surface area contributed by atoms with Crippen molar-refractivity contribution in [3.8, 4) is 5.75 Å². The van der Waals surface area contributed by atoms with Gasteiger partial charge in [-0.15, -0.1) is 0 Å². The van der Waals surface area contributed by atoms with Crippen molar-refractivity contribution in [3.63, 3.8) is 0 Å². The molecule has 6 atom stereocenters. The van der Waals surface area contributed by atoms with Gasteiger partial charge in [-0.05, 0) is 61.1 Å². The summed E-state index contributed by atoms with van der Waals surface area (Å²) in [6.45, 7) is 3.98. The first-order valence-electron chi connectivity index (χ1n) is 9.78. The minimum Gasteiger partial charge on any atom is -0.426 e. The molecule has 2 amide bonds. The molecule has 5 heteroatoms. The van der Waals surface area contributed by atoms with Crippen LogP contribution >= 0.6 is 0 Å². The van der Waals surface area contributed by atoms with E-state index in [2.05, 4.69) is 12.2 Å². The molecule has 0 spiro atoms. The third-order valence-electron chi connectivity index (χ3n) is 7.07. The highest BCUT2D eigenvalue weighted by Crippen LogP contribution is 2.65. The van der Waals surface area contributed by atoms with E-state index in [0.717, 1.165) is 17.5 Å². The molecule has 2 saturated carbocycles. The summed E-state index contributed by atoms with van der Waals surface area (Å²) in [6.07, 6.45) is 5.49. The zero-order valence-electron chi connectivity index (χ0n) is 15.6. The van der Waals surface area contributed by atoms with Crippen molar-refractivity contribution in [1.29, 1.82) is 0 Å². The van der Waals surface area contributed by atoms with E-state index in [1.807, 2.05) is 26.0 Å². The number of aryl methyl sites for hydroxylation is 1. The number of benzene rings is 1. The SMILES string of the molecule is Cc1cccc(OC(=O)CCN2C(=O)[C@@H]3[C@H]4C=C[C@@H]([C@@H]5C[C@@H]45)[C@H]3C2=O)c1C. The molecule has 5 nitrogen and oxygen atoms in total. The van der Waals surface area contributed by atoms with Crippen molar-refractivity contribution in [1.82, 2.24) is 4.90 Å². The van der Waals surface area contributed by atoms with E-state index in [4.69, 9.17) is 4.74 Å². The van der Waals surface area contributed by atoms with Gasteiger partial charge in [0.15, 0.2) is 0 Å². The van der Waals surface area contributed by atoms with E-state index in [0.29, 0.717) is 17.6 Å². The van der Waals surface area contributed by atoms with E-state index < -0.39 is 5.97 Å². The second kappa shape index (κ2) is 5.78. The van der Waals surface area contributed by atoms with Crippen LogP contribution in [-0.2, 0) is 14.4 Å². The summed E-state index contributed by atoms with van der Waals surface area (Å²) in [4.78, 5) is 39.4. The van der Waals surface area contributed by atoms with Gasteiger partial charge in [-0.3, -0.25) is 19.3 Å². The van der Waals surface area contributed by atoms with Crippen molar-refractivity contribution >= 4 is 17.8 Å². The Morgan fingerprint density at radius 1 is 1.07 bits per heavy atom. The van der Waals surface area contributed by atoms with Crippen LogP contribution in [0, 0.1) is 49.4 Å². The van der Waals surface area contributed by atoms with Gasteiger partial charge in [-0.25, -0.2) is 0 Å². The first-order chi connectivity index (χ1) is 13.0. The Labute approximate surface area is 158 Å². The van der Waals surface area contributed by atoms with Gasteiger partial charge >= 0.3 is 5.97 Å². The Hall–Kier alpha value is -2.43. The van der Waals surface area contributed by atoms with Crippen LogP contribution in [-0.4, -0.2) is 29.2 Å². The second-order valence-corrected chi connectivity index (χ2v) is 8.40. The van der Waals surface area contributed by atoms with Crippen LogP contribution in [0.25, 0.3) is 0 Å². The van der Waals surface area contributed by atoms with Crippen LogP contribution in [0.4, 0.5) is 0 Å². The summed E-state index contributed by atoms with van der Waals surface area (Å²) >= 11 is 0. The van der Waals surface area contributed by atoms with Gasteiger partial charge in [-0.1, -0.05) is 24.3 Å². The normalized spacial score (nSPS) is 35.3. The van der Waals surface area contributed by atoms with Crippen molar-refractivity contribution < 1.29 is 19.1 Å². The number of nitrogens with zero attached hydrogens (tertiary/aromatic N) is 1. The highest BCUT2D eigenvalue weighted by atomic mass is 16.5. The zero-order valence-corrected chi connectivity index (χ0v) is 15.6. The number of rotatable bonds is 4. The van der Waals surface area contributed by atoms with Crippen molar-refractivity contribution in [2.75, 3.05) is 6.54 Å². The van der Waals surface area contributed by atoms with Gasteiger partial charge < -0.3 is 4.74 Å². The highest BCUT2D eigenvalue weighted by Gasteiger charge is 2.66. The molecule has 6 rings (SSSR count). The molecule has 4 aliphatic carbocycles. The van der Waals surface area contributed by atoms with E-state index in [1.165, 1.54) is 4.90 Å². The third kappa shape index (κ3) is 2.40. The summed E-state index contributed by atoms with van der Waals surface area (Å²) in [5.74, 6) is 1.15. The van der Waals surface area contributed by atoms with Crippen molar-refractivity contribution in [3.05, 3.63) is 41.5 Å². The average molecular weight is 365 g/mol. The van der Waals surface area contributed by atoms with Gasteiger partial charge in [0, 0.05) is 6.54 Å². The lowest BCUT2D eigenvalue weighted by molar-refractivity contribution is -0.141. The molecule has 3 fully saturated rings. The Morgan fingerprint density at radius 2 is 1.70 bits per heavy atom. The maximum absolute atomic E-state index is 12.9. The molecule has 1 saturated heterocycles. The summed E-state index contributed by atoms with van der Waals surface area (Å²) in [5.41, 5.74) is 1.97. The number of hydrogen-bond donors (Lipinski definition) is 0. The van der Waals surface area contributed by atoms with Crippen molar-refractivity contribution in [2.24, 2.45) is 35.5 Å². The molecule has 1 heterocycles. The number of carbonyl (C=O) groups is 3. The average Bonchev–Trinajstić information content (AvgIpc) is 3.43. The number of amides is 2. The highest BCUT2D eigenvalue weighted by molar-refractivity contribution is 6.06. The number of imide groups is 1. The fourth-order valence-corrected chi connectivity index (χ4v) is 5.45. The monoisotopic (exact) mass is 365 g/mol. The summed E-state index contributed by atoms with van der Waals surface area (Å²) < 4.78 is 5.45. The number of ether oxygens (including phenoxy) is 1. The minimum atomic E-state index is -0.414. The number of hydrogen-bond acceptors (Lipinski definition) is 4. The van der Waals surface area contributed by atoms with Gasteiger partial charge in [0.2, 0.25) is 11.8 Å².